The first-order chi connectivity index (χ1) is 7.75. The summed E-state index contributed by atoms with van der Waals surface area (Å²) in [5.41, 5.74) is 8.75. The Hall–Kier alpha value is -1.29. The SMILES string of the molecule is Cc1nc(NNC=C2CC=CCC2)sc1C. The van der Waals surface area contributed by atoms with Gasteiger partial charge in [0.2, 0.25) is 5.13 Å². The van der Waals surface area contributed by atoms with Gasteiger partial charge < -0.3 is 5.43 Å². The number of anilines is 1. The average molecular weight is 235 g/mol. The third-order valence-corrected chi connectivity index (χ3v) is 3.65. The summed E-state index contributed by atoms with van der Waals surface area (Å²) in [5.74, 6) is 0. The van der Waals surface area contributed by atoms with E-state index < -0.39 is 0 Å². The third-order valence-electron chi connectivity index (χ3n) is 2.66. The second-order valence-electron chi connectivity index (χ2n) is 3.95. The van der Waals surface area contributed by atoms with Crippen molar-refractivity contribution in [2.24, 2.45) is 0 Å². The van der Waals surface area contributed by atoms with Gasteiger partial charge in [-0.05, 0) is 38.7 Å². The average Bonchev–Trinajstić information content (AvgIpc) is 2.60. The molecule has 3 nitrogen and oxygen atoms in total. The van der Waals surface area contributed by atoms with Crippen molar-refractivity contribution in [1.82, 2.24) is 10.4 Å². The molecule has 0 radical (unpaired) electrons. The molecule has 2 N–H and O–H groups in total. The summed E-state index contributed by atoms with van der Waals surface area (Å²) >= 11 is 1.67. The van der Waals surface area contributed by atoms with Gasteiger partial charge in [-0.25, -0.2) is 4.98 Å². The van der Waals surface area contributed by atoms with Gasteiger partial charge in [0.05, 0.1) is 5.69 Å². The van der Waals surface area contributed by atoms with E-state index >= 15 is 0 Å². The molecule has 0 spiro atoms. The Bertz CT molecular complexity index is 398. The van der Waals surface area contributed by atoms with Crippen LogP contribution in [0, 0.1) is 13.8 Å². The number of thiazole rings is 1. The topological polar surface area (TPSA) is 37.0 Å². The molecule has 2 rings (SSSR count). The molecule has 1 aliphatic rings. The molecule has 0 bridgehead atoms. The zero-order chi connectivity index (χ0) is 11.4. The number of aromatic nitrogens is 1. The van der Waals surface area contributed by atoms with E-state index in [2.05, 4.69) is 41.1 Å². The lowest BCUT2D eigenvalue weighted by atomic mass is 10.0. The number of hydrogen-bond donors (Lipinski definition) is 2. The molecule has 16 heavy (non-hydrogen) atoms. The van der Waals surface area contributed by atoms with Crippen LogP contribution in [0.3, 0.4) is 0 Å². The fraction of sp³-hybridized carbons (Fsp3) is 0.417. The minimum Gasteiger partial charge on any atom is -0.306 e. The number of hydrogen-bond acceptors (Lipinski definition) is 4. The monoisotopic (exact) mass is 235 g/mol. The van der Waals surface area contributed by atoms with Crippen LogP contribution in [-0.4, -0.2) is 4.98 Å². The number of aryl methyl sites for hydroxylation is 2. The highest BCUT2D eigenvalue weighted by molar-refractivity contribution is 7.15. The van der Waals surface area contributed by atoms with Crippen molar-refractivity contribution in [3.8, 4) is 0 Å². The molecule has 0 aliphatic heterocycles. The molecule has 0 saturated heterocycles. The molecule has 0 fully saturated rings. The first-order valence-corrected chi connectivity index (χ1v) is 6.36. The smallest absolute Gasteiger partial charge is 0.201 e. The van der Waals surface area contributed by atoms with Crippen LogP contribution in [0.1, 0.15) is 29.8 Å². The normalized spacial score (nSPS) is 17.8. The van der Waals surface area contributed by atoms with Gasteiger partial charge in [0.25, 0.3) is 0 Å². The van der Waals surface area contributed by atoms with Crippen molar-refractivity contribution in [3.63, 3.8) is 0 Å². The van der Waals surface area contributed by atoms with E-state index in [0.717, 1.165) is 30.1 Å². The van der Waals surface area contributed by atoms with Gasteiger partial charge in [-0.3, -0.25) is 5.43 Å². The van der Waals surface area contributed by atoms with Crippen molar-refractivity contribution in [1.29, 1.82) is 0 Å². The molecule has 1 heterocycles. The van der Waals surface area contributed by atoms with Gasteiger partial charge >= 0.3 is 0 Å². The molecule has 0 aromatic carbocycles. The summed E-state index contributed by atoms with van der Waals surface area (Å²) in [6, 6.07) is 0. The molecule has 0 atom stereocenters. The van der Waals surface area contributed by atoms with Crippen LogP contribution in [0.4, 0.5) is 5.13 Å². The van der Waals surface area contributed by atoms with Crippen LogP contribution in [-0.2, 0) is 0 Å². The van der Waals surface area contributed by atoms with Gasteiger partial charge in [0.15, 0.2) is 0 Å². The Kier molecular flexibility index (Phi) is 3.62. The lowest BCUT2D eigenvalue weighted by molar-refractivity contribution is 0.871. The Labute approximate surface area is 100 Å². The van der Waals surface area contributed by atoms with E-state index in [1.165, 1.54) is 10.5 Å². The minimum absolute atomic E-state index is 0.929. The maximum atomic E-state index is 4.39. The molecule has 1 aromatic rings. The second kappa shape index (κ2) is 5.16. The highest BCUT2D eigenvalue weighted by Crippen LogP contribution is 2.20. The predicted octanol–water partition coefficient (Wildman–Crippen LogP) is 3.30. The standard InChI is InChI=1S/C12H17N3S/c1-9-10(2)16-12(14-9)15-13-8-11-6-4-3-5-7-11/h3-4,8,13H,5-7H2,1-2H3,(H,14,15). The van der Waals surface area contributed by atoms with Crippen LogP contribution in [0.2, 0.25) is 0 Å². The van der Waals surface area contributed by atoms with E-state index in [1.807, 2.05) is 6.92 Å². The second-order valence-corrected chi connectivity index (χ2v) is 5.15. The lowest BCUT2D eigenvalue weighted by Crippen LogP contribution is -2.15. The molecule has 0 amide bonds. The Morgan fingerprint density at radius 2 is 2.25 bits per heavy atom. The zero-order valence-corrected chi connectivity index (χ0v) is 10.5. The molecule has 0 unspecified atom stereocenters. The van der Waals surface area contributed by atoms with Crippen LogP contribution < -0.4 is 10.9 Å². The highest BCUT2D eigenvalue weighted by atomic mass is 32.1. The quantitative estimate of drug-likeness (QED) is 0.623. The molecule has 4 heteroatoms. The van der Waals surface area contributed by atoms with Gasteiger partial charge in [-0.1, -0.05) is 12.2 Å². The first kappa shape index (κ1) is 11.2. The molecule has 1 aliphatic carbocycles. The van der Waals surface area contributed by atoms with Crippen LogP contribution >= 0.6 is 11.3 Å². The van der Waals surface area contributed by atoms with Crippen molar-refractivity contribution >= 4 is 16.5 Å². The van der Waals surface area contributed by atoms with Gasteiger partial charge in [0.1, 0.15) is 0 Å². The van der Waals surface area contributed by atoms with E-state index in [1.54, 1.807) is 11.3 Å². The fourth-order valence-corrected chi connectivity index (χ4v) is 2.36. The predicted molar refractivity (Wildman–Crippen MR) is 69.4 cm³/mol. The maximum Gasteiger partial charge on any atom is 0.201 e. The van der Waals surface area contributed by atoms with Gasteiger partial charge in [-0.15, -0.1) is 11.3 Å². The van der Waals surface area contributed by atoms with Crippen molar-refractivity contribution in [3.05, 3.63) is 34.5 Å². The van der Waals surface area contributed by atoms with Crippen LogP contribution in [0.15, 0.2) is 23.9 Å². The summed E-state index contributed by atoms with van der Waals surface area (Å²) in [4.78, 5) is 5.66. The molecular weight excluding hydrogens is 218 g/mol. The number of nitrogens with one attached hydrogen (secondary N) is 2. The summed E-state index contributed by atoms with van der Waals surface area (Å²) in [7, 11) is 0. The number of rotatable bonds is 3. The number of nitrogens with zero attached hydrogens (tertiary/aromatic N) is 1. The molecule has 0 saturated carbocycles. The minimum atomic E-state index is 0.929. The molecular formula is C12H17N3S. The highest BCUT2D eigenvalue weighted by Gasteiger charge is 2.02. The summed E-state index contributed by atoms with van der Waals surface area (Å²) < 4.78 is 0. The third kappa shape index (κ3) is 2.85. The Balaban J connectivity index is 1.85. The van der Waals surface area contributed by atoms with Crippen LogP contribution in [0.25, 0.3) is 0 Å². The van der Waals surface area contributed by atoms with E-state index in [0.29, 0.717) is 0 Å². The van der Waals surface area contributed by atoms with Crippen molar-refractivity contribution in [2.75, 3.05) is 5.43 Å². The van der Waals surface area contributed by atoms with E-state index in [4.69, 9.17) is 0 Å². The van der Waals surface area contributed by atoms with Crippen molar-refractivity contribution in [2.45, 2.75) is 33.1 Å². The summed E-state index contributed by atoms with van der Waals surface area (Å²) in [6.07, 6.45) is 9.87. The first-order valence-electron chi connectivity index (χ1n) is 5.54. The zero-order valence-electron chi connectivity index (χ0n) is 9.71. The number of hydrazine groups is 1. The van der Waals surface area contributed by atoms with E-state index in [9.17, 15) is 0 Å². The van der Waals surface area contributed by atoms with Crippen LogP contribution in [0.5, 0.6) is 0 Å². The summed E-state index contributed by atoms with van der Waals surface area (Å²) in [6.45, 7) is 4.12. The van der Waals surface area contributed by atoms with E-state index in [-0.39, 0.29) is 0 Å². The summed E-state index contributed by atoms with van der Waals surface area (Å²) in [5, 5.41) is 0.929. The Morgan fingerprint density at radius 3 is 2.88 bits per heavy atom. The largest absolute Gasteiger partial charge is 0.306 e. The van der Waals surface area contributed by atoms with Crippen molar-refractivity contribution < 1.29 is 0 Å². The molecule has 86 valence electrons. The number of allylic oxidation sites excluding steroid dienone is 3. The Morgan fingerprint density at radius 1 is 1.38 bits per heavy atom. The fourth-order valence-electron chi connectivity index (χ4n) is 1.58. The van der Waals surface area contributed by atoms with Gasteiger partial charge in [-0.2, -0.15) is 0 Å². The van der Waals surface area contributed by atoms with Gasteiger partial charge in [0, 0.05) is 11.1 Å². The molecule has 1 aromatic heterocycles. The lowest BCUT2D eigenvalue weighted by Gasteiger charge is -2.09. The maximum absolute atomic E-state index is 4.39.